The maximum atomic E-state index is 12.5. The van der Waals surface area contributed by atoms with Gasteiger partial charge in [0.2, 0.25) is 0 Å². The number of nitriles is 1. The second kappa shape index (κ2) is 5.72. The topological polar surface area (TPSA) is 83.0 Å². The van der Waals surface area contributed by atoms with E-state index in [1.807, 2.05) is 0 Å². The number of para-hydroxylation sites is 1. The van der Waals surface area contributed by atoms with Gasteiger partial charge in [-0.25, -0.2) is 4.98 Å². The molecule has 0 atom stereocenters. The summed E-state index contributed by atoms with van der Waals surface area (Å²) in [5.41, 5.74) is 6.97. The highest BCUT2D eigenvalue weighted by atomic mass is 79.9. The predicted octanol–water partition coefficient (Wildman–Crippen LogP) is 2.57. The van der Waals surface area contributed by atoms with Crippen molar-refractivity contribution in [1.82, 2.24) is 4.98 Å². The zero-order valence-electron chi connectivity index (χ0n) is 10.7. The number of nitrogens with two attached hydrogens (primary N) is 1. The molecule has 20 heavy (non-hydrogen) atoms. The molecule has 0 unspecified atom stereocenters. The summed E-state index contributed by atoms with van der Waals surface area (Å²) in [6, 6.07) is 10.5. The van der Waals surface area contributed by atoms with Gasteiger partial charge in [-0.2, -0.15) is 5.26 Å². The quantitative estimate of drug-likeness (QED) is 0.917. The number of anilines is 2. The van der Waals surface area contributed by atoms with Gasteiger partial charge in [-0.05, 0) is 34.1 Å². The molecule has 1 heterocycles. The predicted molar refractivity (Wildman–Crippen MR) is 80.2 cm³/mol. The number of nitrogens with zero attached hydrogens (tertiary/aromatic N) is 3. The van der Waals surface area contributed by atoms with E-state index in [2.05, 4.69) is 27.0 Å². The normalized spacial score (nSPS) is 9.85. The molecule has 0 saturated carbocycles. The van der Waals surface area contributed by atoms with E-state index in [1.54, 1.807) is 37.4 Å². The van der Waals surface area contributed by atoms with Gasteiger partial charge in [-0.1, -0.05) is 12.1 Å². The fraction of sp³-hybridized carbons (Fsp3) is 0.0714. The Morgan fingerprint density at radius 3 is 2.85 bits per heavy atom. The first-order valence-corrected chi connectivity index (χ1v) is 6.52. The number of amides is 1. The number of hydrogen-bond acceptors (Lipinski definition) is 4. The Kier molecular flexibility index (Phi) is 4.01. The first-order valence-electron chi connectivity index (χ1n) is 5.72. The lowest BCUT2D eigenvalue weighted by Crippen LogP contribution is -2.28. The van der Waals surface area contributed by atoms with Gasteiger partial charge in [0.15, 0.2) is 0 Å². The van der Waals surface area contributed by atoms with E-state index in [1.165, 1.54) is 11.1 Å². The number of hydrogen-bond donors (Lipinski definition) is 1. The van der Waals surface area contributed by atoms with Crippen molar-refractivity contribution < 1.29 is 4.79 Å². The molecule has 2 rings (SSSR count). The van der Waals surface area contributed by atoms with Crippen molar-refractivity contribution >= 4 is 33.3 Å². The highest BCUT2D eigenvalue weighted by Crippen LogP contribution is 2.23. The van der Waals surface area contributed by atoms with Crippen LogP contribution in [0.15, 0.2) is 41.0 Å². The number of nitrogen functional groups attached to an aromatic ring is 1. The summed E-state index contributed by atoms with van der Waals surface area (Å²) in [5, 5.41) is 9.09. The summed E-state index contributed by atoms with van der Waals surface area (Å²) in [5.74, 6) is -0.168. The number of rotatable bonds is 2. The Bertz CT molecular complexity index is 709. The average Bonchev–Trinajstić information content (AvgIpc) is 2.48. The third-order valence-corrected chi connectivity index (χ3v) is 3.24. The lowest BCUT2D eigenvalue weighted by Gasteiger charge is -2.19. The van der Waals surface area contributed by atoms with Crippen molar-refractivity contribution in [2.24, 2.45) is 0 Å². The molecule has 2 N–H and O–H groups in total. The number of halogens is 1. The smallest absolute Gasteiger partial charge is 0.261 e. The summed E-state index contributed by atoms with van der Waals surface area (Å²) < 4.78 is 0.664. The van der Waals surface area contributed by atoms with E-state index in [9.17, 15) is 4.79 Å². The molecule has 1 aromatic carbocycles. The average molecular weight is 331 g/mol. The van der Waals surface area contributed by atoms with Gasteiger partial charge in [0.25, 0.3) is 5.91 Å². The molecule has 1 amide bonds. The van der Waals surface area contributed by atoms with Crippen LogP contribution in [0.2, 0.25) is 0 Å². The van der Waals surface area contributed by atoms with E-state index >= 15 is 0 Å². The molecule has 2 aromatic rings. The highest BCUT2D eigenvalue weighted by Gasteiger charge is 2.19. The molecule has 0 fully saturated rings. The summed E-state index contributed by atoms with van der Waals surface area (Å²) in [4.78, 5) is 17.8. The monoisotopic (exact) mass is 330 g/mol. The number of aromatic nitrogens is 1. The van der Waals surface area contributed by atoms with Crippen LogP contribution in [0, 0.1) is 11.3 Å². The molecule has 0 aliphatic carbocycles. The van der Waals surface area contributed by atoms with Crippen LogP contribution in [0.25, 0.3) is 0 Å². The van der Waals surface area contributed by atoms with Crippen LogP contribution in [-0.2, 0) is 0 Å². The first kappa shape index (κ1) is 14.0. The Morgan fingerprint density at radius 1 is 1.45 bits per heavy atom. The lowest BCUT2D eigenvalue weighted by atomic mass is 10.1. The molecule has 0 aliphatic heterocycles. The van der Waals surface area contributed by atoms with Gasteiger partial charge in [0, 0.05) is 17.7 Å². The van der Waals surface area contributed by atoms with E-state index in [0.29, 0.717) is 15.7 Å². The zero-order valence-corrected chi connectivity index (χ0v) is 12.3. The summed E-state index contributed by atoms with van der Waals surface area (Å²) >= 11 is 3.26. The van der Waals surface area contributed by atoms with Gasteiger partial charge in [-0.3, -0.25) is 4.79 Å². The van der Waals surface area contributed by atoms with Gasteiger partial charge in [0.05, 0.1) is 16.8 Å². The van der Waals surface area contributed by atoms with Crippen LogP contribution >= 0.6 is 15.9 Å². The molecule has 5 nitrogen and oxygen atoms in total. The van der Waals surface area contributed by atoms with Gasteiger partial charge < -0.3 is 10.6 Å². The van der Waals surface area contributed by atoms with Gasteiger partial charge in [-0.15, -0.1) is 0 Å². The SMILES string of the molecule is CN(C(=O)c1cc(Br)cnc1N)c1ccccc1C#N. The fourth-order valence-electron chi connectivity index (χ4n) is 1.77. The fourth-order valence-corrected chi connectivity index (χ4v) is 2.10. The highest BCUT2D eigenvalue weighted by molar-refractivity contribution is 9.10. The number of carbonyl (C=O) groups is 1. The van der Waals surface area contributed by atoms with Crippen molar-refractivity contribution in [2.75, 3.05) is 17.7 Å². The second-order valence-corrected chi connectivity index (χ2v) is 5.00. The Labute approximate surface area is 124 Å². The molecule has 0 radical (unpaired) electrons. The van der Waals surface area contributed by atoms with Crippen molar-refractivity contribution in [2.45, 2.75) is 0 Å². The van der Waals surface area contributed by atoms with Crippen LogP contribution in [-0.4, -0.2) is 17.9 Å². The third-order valence-electron chi connectivity index (χ3n) is 2.81. The minimum atomic E-state index is -0.320. The molecular formula is C14H11BrN4O. The molecular weight excluding hydrogens is 320 g/mol. The standard InChI is InChI=1S/C14H11BrN4O/c1-19(12-5-3-2-4-9(12)7-16)14(20)11-6-10(15)8-18-13(11)17/h2-6,8H,1H3,(H2,17,18). The second-order valence-electron chi connectivity index (χ2n) is 4.08. The number of benzene rings is 1. The van der Waals surface area contributed by atoms with Crippen LogP contribution in [0.3, 0.4) is 0 Å². The molecule has 100 valence electrons. The molecule has 0 saturated heterocycles. The minimum absolute atomic E-state index is 0.152. The lowest BCUT2D eigenvalue weighted by molar-refractivity contribution is 0.0993. The molecule has 6 heteroatoms. The van der Waals surface area contributed by atoms with E-state index in [0.717, 1.165) is 0 Å². The molecule has 1 aromatic heterocycles. The van der Waals surface area contributed by atoms with Crippen molar-refractivity contribution in [3.63, 3.8) is 0 Å². The van der Waals surface area contributed by atoms with E-state index < -0.39 is 0 Å². The summed E-state index contributed by atoms with van der Waals surface area (Å²) in [7, 11) is 1.60. The molecule has 0 aliphatic rings. The summed E-state index contributed by atoms with van der Waals surface area (Å²) in [6.45, 7) is 0. The van der Waals surface area contributed by atoms with Crippen LogP contribution < -0.4 is 10.6 Å². The Balaban J connectivity index is 2.43. The van der Waals surface area contributed by atoms with Crippen molar-refractivity contribution in [3.8, 4) is 6.07 Å². The maximum Gasteiger partial charge on any atom is 0.261 e. The molecule has 0 spiro atoms. The Hall–Kier alpha value is -2.39. The summed E-state index contributed by atoms with van der Waals surface area (Å²) in [6.07, 6.45) is 1.52. The van der Waals surface area contributed by atoms with Crippen molar-refractivity contribution in [3.05, 3.63) is 52.1 Å². The minimum Gasteiger partial charge on any atom is -0.383 e. The molecule has 0 bridgehead atoms. The zero-order chi connectivity index (χ0) is 14.7. The first-order chi connectivity index (χ1) is 9.54. The van der Waals surface area contributed by atoms with Crippen molar-refractivity contribution in [1.29, 1.82) is 5.26 Å². The number of carbonyl (C=O) groups excluding carboxylic acids is 1. The van der Waals surface area contributed by atoms with E-state index in [4.69, 9.17) is 11.0 Å². The van der Waals surface area contributed by atoms with Gasteiger partial charge in [0.1, 0.15) is 11.9 Å². The van der Waals surface area contributed by atoms with Crippen LogP contribution in [0.4, 0.5) is 11.5 Å². The Morgan fingerprint density at radius 2 is 2.15 bits per heavy atom. The van der Waals surface area contributed by atoms with E-state index in [-0.39, 0.29) is 17.3 Å². The van der Waals surface area contributed by atoms with Gasteiger partial charge >= 0.3 is 0 Å². The number of pyridine rings is 1. The van der Waals surface area contributed by atoms with Crippen LogP contribution in [0.1, 0.15) is 15.9 Å². The third kappa shape index (κ3) is 2.63. The largest absolute Gasteiger partial charge is 0.383 e. The van der Waals surface area contributed by atoms with Crippen LogP contribution in [0.5, 0.6) is 0 Å². The maximum absolute atomic E-state index is 12.5.